The summed E-state index contributed by atoms with van der Waals surface area (Å²) in [6, 6.07) is 17.9. The highest BCUT2D eigenvalue weighted by Gasteiger charge is 2.05. The maximum Gasteiger partial charge on any atom is 0.130 e. The number of rotatable bonds is 2. The molecule has 2 aromatic rings. The molecule has 0 atom stereocenters. The van der Waals surface area contributed by atoms with Crippen LogP contribution in [0.1, 0.15) is 16.7 Å². The van der Waals surface area contributed by atoms with Gasteiger partial charge in [-0.1, -0.05) is 42.5 Å². The Labute approximate surface area is 119 Å². The summed E-state index contributed by atoms with van der Waals surface area (Å²) in [5.41, 5.74) is 5.59. The molecule has 2 nitrogen and oxygen atoms in total. The van der Waals surface area contributed by atoms with Gasteiger partial charge in [-0.25, -0.2) is 0 Å². The van der Waals surface area contributed by atoms with Crippen LogP contribution in [0.15, 0.2) is 48.0 Å². The second-order valence-corrected chi connectivity index (χ2v) is 4.67. The zero-order valence-corrected chi connectivity index (χ0v) is 11.5. The predicted molar refractivity (Wildman–Crippen MR) is 80.6 cm³/mol. The fraction of sp³-hybridized carbons (Fsp3) is 0.111. The predicted octanol–water partition coefficient (Wildman–Crippen LogP) is 4.40. The van der Waals surface area contributed by atoms with Gasteiger partial charge < -0.3 is 0 Å². The molecule has 0 aliphatic heterocycles. The normalized spacial score (nSPS) is 9.40. The molecule has 0 aromatic heterocycles. The van der Waals surface area contributed by atoms with Crippen molar-refractivity contribution in [1.82, 2.24) is 0 Å². The van der Waals surface area contributed by atoms with Crippen molar-refractivity contribution in [3.8, 4) is 23.3 Å². The van der Waals surface area contributed by atoms with E-state index in [1.54, 1.807) is 6.08 Å². The number of hydrogen-bond acceptors (Lipinski definition) is 2. The number of aryl methyl sites for hydroxylation is 2. The molecule has 0 aliphatic rings. The summed E-state index contributed by atoms with van der Waals surface area (Å²) in [4.78, 5) is 0. The minimum absolute atomic E-state index is 0.112. The molecule has 0 radical (unpaired) electrons. The third-order valence-electron chi connectivity index (χ3n) is 3.32. The van der Waals surface area contributed by atoms with Crippen LogP contribution >= 0.6 is 0 Å². The lowest BCUT2D eigenvalue weighted by Gasteiger charge is -2.08. The molecule has 0 amide bonds. The van der Waals surface area contributed by atoms with Gasteiger partial charge in [-0.05, 0) is 47.7 Å². The van der Waals surface area contributed by atoms with Gasteiger partial charge in [0.2, 0.25) is 0 Å². The maximum atomic E-state index is 8.89. The van der Waals surface area contributed by atoms with Crippen molar-refractivity contribution in [3.63, 3.8) is 0 Å². The molecule has 0 fully saturated rings. The quantitative estimate of drug-likeness (QED) is 0.749. The topological polar surface area (TPSA) is 47.6 Å². The van der Waals surface area contributed by atoms with Crippen LogP contribution in [0.25, 0.3) is 17.2 Å². The number of nitrogens with zero attached hydrogens (tertiary/aromatic N) is 2. The monoisotopic (exact) mass is 258 g/mol. The lowest BCUT2D eigenvalue weighted by Crippen LogP contribution is -1.87. The number of allylic oxidation sites excluding steroid dienone is 1. The van der Waals surface area contributed by atoms with E-state index in [-0.39, 0.29) is 5.57 Å². The molecule has 0 aliphatic carbocycles. The van der Waals surface area contributed by atoms with Crippen molar-refractivity contribution in [2.24, 2.45) is 0 Å². The van der Waals surface area contributed by atoms with E-state index in [4.69, 9.17) is 10.5 Å². The number of hydrogen-bond donors (Lipinski definition) is 0. The van der Waals surface area contributed by atoms with Crippen molar-refractivity contribution < 1.29 is 0 Å². The highest BCUT2D eigenvalue weighted by molar-refractivity contribution is 5.78. The Bertz CT molecular complexity index is 740. The molecule has 0 saturated heterocycles. The van der Waals surface area contributed by atoms with Gasteiger partial charge >= 0.3 is 0 Å². The molecule has 0 spiro atoms. The number of nitriles is 2. The molecule has 0 N–H and O–H groups in total. The maximum absolute atomic E-state index is 8.89. The van der Waals surface area contributed by atoms with E-state index in [0.717, 1.165) is 16.7 Å². The molecular formula is C18H14N2. The van der Waals surface area contributed by atoms with Crippen molar-refractivity contribution >= 4 is 6.08 Å². The summed E-state index contributed by atoms with van der Waals surface area (Å²) in [6.07, 6.45) is 1.63. The molecular weight excluding hydrogens is 244 g/mol. The zero-order chi connectivity index (χ0) is 14.5. The third kappa shape index (κ3) is 2.76. The van der Waals surface area contributed by atoms with Crippen molar-refractivity contribution in [2.45, 2.75) is 13.8 Å². The van der Waals surface area contributed by atoms with E-state index >= 15 is 0 Å². The van der Waals surface area contributed by atoms with Crippen LogP contribution in [0.2, 0.25) is 0 Å². The van der Waals surface area contributed by atoms with Crippen molar-refractivity contribution in [3.05, 3.63) is 64.7 Å². The third-order valence-corrected chi connectivity index (χ3v) is 3.32. The fourth-order valence-corrected chi connectivity index (χ4v) is 2.04. The highest BCUT2D eigenvalue weighted by atomic mass is 14.3. The summed E-state index contributed by atoms with van der Waals surface area (Å²) in [7, 11) is 0. The molecule has 2 aromatic carbocycles. The summed E-state index contributed by atoms with van der Waals surface area (Å²) in [6.45, 7) is 4.15. The lowest BCUT2D eigenvalue weighted by atomic mass is 9.96. The molecule has 0 unspecified atom stereocenters. The Hall–Kier alpha value is -2.84. The van der Waals surface area contributed by atoms with Gasteiger partial charge in [0, 0.05) is 0 Å². The van der Waals surface area contributed by atoms with Gasteiger partial charge in [-0.3, -0.25) is 0 Å². The zero-order valence-electron chi connectivity index (χ0n) is 11.5. The minimum atomic E-state index is 0.112. The summed E-state index contributed by atoms with van der Waals surface area (Å²) < 4.78 is 0. The first-order valence-corrected chi connectivity index (χ1v) is 6.34. The summed E-state index contributed by atoms with van der Waals surface area (Å²) in [5, 5.41) is 17.8. The standard InChI is InChI=1S/C18H14N2/c1-13-7-8-17(9-14(13)2)18-6-4-3-5-16(18)10-15(11-19)12-20/h3-10H,1-2H3. The number of benzene rings is 2. The van der Waals surface area contributed by atoms with Crippen LogP contribution in [0.4, 0.5) is 0 Å². The van der Waals surface area contributed by atoms with E-state index in [1.807, 2.05) is 36.4 Å². The smallest absolute Gasteiger partial charge is 0.130 e. The first-order chi connectivity index (χ1) is 9.65. The molecule has 96 valence electrons. The van der Waals surface area contributed by atoms with Gasteiger partial charge in [0.05, 0.1) is 0 Å². The Morgan fingerprint density at radius 2 is 1.65 bits per heavy atom. The molecule has 0 saturated carbocycles. The van der Waals surface area contributed by atoms with Crippen LogP contribution in [0, 0.1) is 36.5 Å². The Morgan fingerprint density at radius 1 is 0.950 bits per heavy atom. The molecule has 0 bridgehead atoms. The van der Waals surface area contributed by atoms with E-state index in [9.17, 15) is 0 Å². The van der Waals surface area contributed by atoms with Crippen LogP contribution in [0.5, 0.6) is 0 Å². The van der Waals surface area contributed by atoms with Crippen molar-refractivity contribution in [1.29, 1.82) is 10.5 Å². The molecule has 2 heteroatoms. The van der Waals surface area contributed by atoms with Gasteiger partial charge in [0.1, 0.15) is 17.7 Å². The lowest BCUT2D eigenvalue weighted by molar-refractivity contribution is 1.34. The average molecular weight is 258 g/mol. The Kier molecular flexibility index (Phi) is 3.99. The van der Waals surface area contributed by atoms with Crippen molar-refractivity contribution in [2.75, 3.05) is 0 Å². The summed E-state index contributed by atoms with van der Waals surface area (Å²) in [5.74, 6) is 0. The van der Waals surface area contributed by atoms with E-state index in [0.29, 0.717) is 0 Å². The van der Waals surface area contributed by atoms with Gasteiger partial charge in [-0.15, -0.1) is 0 Å². The average Bonchev–Trinajstić information content (AvgIpc) is 2.48. The Balaban J connectivity index is 2.59. The van der Waals surface area contributed by atoms with Gasteiger partial charge in [0.15, 0.2) is 0 Å². The van der Waals surface area contributed by atoms with Gasteiger partial charge in [-0.2, -0.15) is 10.5 Å². The highest BCUT2D eigenvalue weighted by Crippen LogP contribution is 2.27. The SMILES string of the molecule is Cc1ccc(-c2ccccc2C=C(C#N)C#N)cc1C. The summed E-state index contributed by atoms with van der Waals surface area (Å²) >= 11 is 0. The van der Waals surface area contributed by atoms with E-state index in [1.165, 1.54) is 11.1 Å². The Morgan fingerprint density at radius 3 is 2.30 bits per heavy atom. The van der Waals surface area contributed by atoms with Gasteiger partial charge in [0.25, 0.3) is 0 Å². The minimum Gasteiger partial charge on any atom is -0.192 e. The molecule has 2 rings (SSSR count). The second kappa shape index (κ2) is 5.87. The second-order valence-electron chi connectivity index (χ2n) is 4.67. The van der Waals surface area contributed by atoms with Crippen LogP contribution in [-0.2, 0) is 0 Å². The van der Waals surface area contributed by atoms with Crippen LogP contribution in [-0.4, -0.2) is 0 Å². The van der Waals surface area contributed by atoms with E-state index in [2.05, 4.69) is 32.0 Å². The fourth-order valence-electron chi connectivity index (χ4n) is 2.04. The first kappa shape index (κ1) is 13.6. The van der Waals surface area contributed by atoms with E-state index < -0.39 is 0 Å². The van der Waals surface area contributed by atoms with Crippen LogP contribution in [0.3, 0.4) is 0 Å². The molecule has 20 heavy (non-hydrogen) atoms. The largest absolute Gasteiger partial charge is 0.192 e. The molecule has 0 heterocycles. The van der Waals surface area contributed by atoms with Crippen LogP contribution < -0.4 is 0 Å². The first-order valence-electron chi connectivity index (χ1n) is 6.34.